The number of aryl methyl sites for hydroxylation is 1. The van der Waals surface area contributed by atoms with Crippen molar-refractivity contribution in [1.82, 2.24) is 0 Å². The smallest absolute Gasteiger partial charge is 0.340 e. The van der Waals surface area contributed by atoms with Crippen LogP contribution in [0.5, 0.6) is 0 Å². The monoisotopic (exact) mass is 387 g/mol. The number of rotatable bonds is 4. The largest absolute Gasteiger partial charge is 0.465 e. The first-order valence-corrected chi connectivity index (χ1v) is 8.39. The maximum absolute atomic E-state index is 12.6. The summed E-state index contributed by atoms with van der Waals surface area (Å²) in [6.07, 6.45) is 0. The van der Waals surface area contributed by atoms with E-state index in [-0.39, 0.29) is 27.4 Å². The molecule has 0 aliphatic carbocycles. The molecule has 2 heterocycles. The van der Waals surface area contributed by atoms with Gasteiger partial charge in [0.2, 0.25) is 5.55 Å². The van der Waals surface area contributed by atoms with Crippen LogP contribution in [0.3, 0.4) is 0 Å². The number of methoxy groups -OCH3 is 1. The Morgan fingerprint density at radius 1 is 1.26 bits per heavy atom. The number of esters is 1. The average molecular weight is 387 g/mol. The summed E-state index contributed by atoms with van der Waals surface area (Å²) in [5.41, 5.74) is -0.243. The van der Waals surface area contributed by atoms with E-state index < -0.39 is 22.4 Å². The molecule has 10 heteroatoms. The van der Waals surface area contributed by atoms with Crippen LogP contribution in [0.2, 0.25) is 0 Å². The molecule has 0 fully saturated rings. The fourth-order valence-corrected chi connectivity index (χ4v) is 3.34. The number of hydrogen-bond donors (Lipinski definition) is 2. The zero-order chi connectivity index (χ0) is 19.7. The van der Waals surface area contributed by atoms with Crippen molar-refractivity contribution < 1.29 is 23.7 Å². The molecule has 0 aliphatic heterocycles. The highest BCUT2D eigenvalue weighted by Crippen LogP contribution is 2.29. The van der Waals surface area contributed by atoms with Gasteiger partial charge in [-0.3, -0.25) is 20.3 Å². The van der Waals surface area contributed by atoms with E-state index in [0.717, 1.165) is 4.88 Å². The number of ether oxygens (including phenoxy) is 1. The van der Waals surface area contributed by atoms with Crippen LogP contribution in [0.4, 0.5) is 10.7 Å². The lowest BCUT2D eigenvalue weighted by Crippen LogP contribution is -2.21. The van der Waals surface area contributed by atoms with Gasteiger partial charge in [0, 0.05) is 22.4 Å². The molecule has 2 aromatic heterocycles. The lowest BCUT2D eigenvalue weighted by atomic mass is 10.1. The van der Waals surface area contributed by atoms with Crippen molar-refractivity contribution in [2.45, 2.75) is 6.92 Å². The topological polar surface area (TPSA) is 136 Å². The van der Waals surface area contributed by atoms with E-state index in [1.807, 2.05) is 0 Å². The van der Waals surface area contributed by atoms with Gasteiger partial charge in [-0.1, -0.05) is 0 Å². The lowest BCUT2D eigenvalue weighted by Gasteiger charge is -2.06. The summed E-state index contributed by atoms with van der Waals surface area (Å²) in [6, 6.07) is 6.79. The normalized spacial score (nSPS) is 10.6. The van der Waals surface area contributed by atoms with Crippen LogP contribution in [0.1, 0.15) is 25.6 Å². The Morgan fingerprint density at radius 3 is 2.67 bits per heavy atom. The van der Waals surface area contributed by atoms with Crippen LogP contribution < -0.4 is 10.9 Å². The van der Waals surface area contributed by atoms with E-state index in [1.54, 1.807) is 13.0 Å². The number of carbonyl (C=O) groups is 2. The predicted molar refractivity (Wildman–Crippen MR) is 97.1 cm³/mol. The second kappa shape index (κ2) is 7.00. The Morgan fingerprint density at radius 2 is 2.00 bits per heavy atom. The van der Waals surface area contributed by atoms with Gasteiger partial charge in [-0.2, -0.15) is 0 Å². The molecule has 9 nitrogen and oxygen atoms in total. The SMILES string of the molecule is COC(=O)c1cc(C)sc1NC(=O)c1cc2cc([N+](=O)[O-])ccc2oc1=N. The molecule has 0 aliphatic rings. The van der Waals surface area contributed by atoms with Gasteiger partial charge in [-0.05, 0) is 25.1 Å². The highest BCUT2D eigenvalue weighted by molar-refractivity contribution is 7.16. The number of amides is 1. The summed E-state index contributed by atoms with van der Waals surface area (Å²) in [7, 11) is 1.23. The molecule has 0 saturated carbocycles. The Balaban J connectivity index is 2.01. The molecule has 0 bridgehead atoms. The summed E-state index contributed by atoms with van der Waals surface area (Å²) < 4.78 is 9.98. The summed E-state index contributed by atoms with van der Waals surface area (Å²) >= 11 is 1.18. The van der Waals surface area contributed by atoms with Crippen molar-refractivity contribution in [3.8, 4) is 0 Å². The number of hydrogen-bond acceptors (Lipinski definition) is 8. The molecule has 0 unspecified atom stereocenters. The standard InChI is InChI=1S/C17H13N3O6S/c1-8-5-12(17(22)25-2)16(27-8)19-15(21)11-7-9-6-10(20(23)24)3-4-13(9)26-14(11)18/h3-7,18H,1-2H3,(H,19,21). The molecule has 2 N–H and O–H groups in total. The molecule has 1 amide bonds. The van der Waals surface area contributed by atoms with Gasteiger partial charge in [0.25, 0.3) is 11.6 Å². The molecule has 3 rings (SSSR count). The number of benzene rings is 1. The predicted octanol–water partition coefficient (Wildman–Crippen LogP) is 3.23. The Labute approximate surface area is 155 Å². The third-order valence-electron chi connectivity index (χ3n) is 3.69. The number of non-ortho nitro benzene ring substituents is 1. The number of anilines is 1. The van der Waals surface area contributed by atoms with E-state index >= 15 is 0 Å². The van der Waals surface area contributed by atoms with Crippen LogP contribution in [0.25, 0.3) is 11.0 Å². The first-order chi connectivity index (χ1) is 12.8. The molecule has 1 aromatic carbocycles. The first-order valence-electron chi connectivity index (χ1n) is 7.57. The number of nitro benzene ring substituents is 1. The molecule has 138 valence electrons. The number of fused-ring (bicyclic) bond motifs is 1. The van der Waals surface area contributed by atoms with Crippen molar-refractivity contribution >= 4 is 44.9 Å². The van der Waals surface area contributed by atoms with E-state index in [9.17, 15) is 19.7 Å². The molecule has 0 radical (unpaired) electrons. The van der Waals surface area contributed by atoms with E-state index in [2.05, 4.69) is 5.32 Å². The van der Waals surface area contributed by atoms with E-state index in [0.29, 0.717) is 5.39 Å². The number of carbonyl (C=O) groups excluding carboxylic acids is 2. The van der Waals surface area contributed by atoms with Gasteiger partial charge in [0.15, 0.2) is 0 Å². The maximum atomic E-state index is 12.6. The zero-order valence-electron chi connectivity index (χ0n) is 14.2. The van der Waals surface area contributed by atoms with Crippen molar-refractivity contribution in [3.63, 3.8) is 0 Å². The number of nitro groups is 1. The third kappa shape index (κ3) is 3.55. The minimum Gasteiger partial charge on any atom is -0.465 e. The average Bonchev–Trinajstić information content (AvgIpc) is 3.00. The molecule has 0 spiro atoms. The molecule has 0 saturated heterocycles. The number of nitrogens with one attached hydrogen (secondary N) is 2. The summed E-state index contributed by atoms with van der Waals surface area (Å²) in [4.78, 5) is 35.6. The summed E-state index contributed by atoms with van der Waals surface area (Å²) in [5.74, 6) is -1.27. The second-order valence-electron chi connectivity index (χ2n) is 5.51. The summed E-state index contributed by atoms with van der Waals surface area (Å²) in [6.45, 7) is 1.77. The second-order valence-corrected chi connectivity index (χ2v) is 6.77. The fraction of sp³-hybridized carbons (Fsp3) is 0.118. The lowest BCUT2D eigenvalue weighted by molar-refractivity contribution is -0.384. The minimum atomic E-state index is -0.677. The Bertz CT molecular complexity index is 1150. The highest BCUT2D eigenvalue weighted by Gasteiger charge is 2.20. The van der Waals surface area contributed by atoms with Gasteiger partial charge < -0.3 is 14.5 Å². The van der Waals surface area contributed by atoms with Crippen LogP contribution in [-0.4, -0.2) is 23.9 Å². The molecule has 0 atom stereocenters. The highest BCUT2D eigenvalue weighted by atomic mass is 32.1. The molecular weight excluding hydrogens is 374 g/mol. The van der Waals surface area contributed by atoms with Crippen molar-refractivity contribution in [1.29, 1.82) is 5.41 Å². The van der Waals surface area contributed by atoms with E-state index in [1.165, 1.54) is 42.7 Å². The van der Waals surface area contributed by atoms with Crippen LogP contribution in [-0.2, 0) is 4.74 Å². The minimum absolute atomic E-state index is 0.120. The van der Waals surface area contributed by atoms with Gasteiger partial charge in [0.1, 0.15) is 16.1 Å². The first kappa shape index (κ1) is 18.3. The fourth-order valence-electron chi connectivity index (χ4n) is 2.45. The number of nitrogens with zero attached hydrogens (tertiary/aromatic N) is 1. The molecular formula is C17H13N3O6S. The van der Waals surface area contributed by atoms with Gasteiger partial charge in [-0.15, -0.1) is 11.3 Å². The van der Waals surface area contributed by atoms with E-state index in [4.69, 9.17) is 14.6 Å². The van der Waals surface area contributed by atoms with Gasteiger partial charge in [0.05, 0.1) is 17.6 Å². The Kier molecular flexibility index (Phi) is 4.74. The zero-order valence-corrected chi connectivity index (χ0v) is 15.0. The van der Waals surface area contributed by atoms with Gasteiger partial charge in [-0.25, -0.2) is 4.79 Å². The van der Waals surface area contributed by atoms with Crippen LogP contribution in [0.15, 0.2) is 34.7 Å². The van der Waals surface area contributed by atoms with Gasteiger partial charge >= 0.3 is 5.97 Å². The van der Waals surface area contributed by atoms with Crippen molar-refractivity contribution in [3.05, 3.63) is 62.0 Å². The maximum Gasteiger partial charge on any atom is 0.340 e. The van der Waals surface area contributed by atoms with Crippen LogP contribution in [0, 0.1) is 22.4 Å². The van der Waals surface area contributed by atoms with Crippen LogP contribution >= 0.6 is 11.3 Å². The number of thiophene rings is 1. The molecule has 27 heavy (non-hydrogen) atoms. The molecule has 3 aromatic rings. The third-order valence-corrected chi connectivity index (χ3v) is 4.66. The quantitative estimate of drug-likeness (QED) is 0.401. The summed E-state index contributed by atoms with van der Waals surface area (Å²) in [5, 5.41) is 22.0. The Hall–Kier alpha value is -3.53. The van der Waals surface area contributed by atoms with Crippen molar-refractivity contribution in [2.24, 2.45) is 0 Å². The van der Waals surface area contributed by atoms with Crippen molar-refractivity contribution in [2.75, 3.05) is 12.4 Å².